The third-order valence-electron chi connectivity index (χ3n) is 5.16. The van der Waals surface area contributed by atoms with Crippen LogP contribution in [0.25, 0.3) is 0 Å². The average Bonchev–Trinajstić information content (AvgIpc) is 2.69. The van der Waals surface area contributed by atoms with Crippen LogP contribution in [-0.2, 0) is 20.5 Å². The lowest BCUT2D eigenvalue weighted by molar-refractivity contribution is -0.184. The van der Waals surface area contributed by atoms with Crippen LogP contribution in [0, 0.1) is 0 Å². The summed E-state index contributed by atoms with van der Waals surface area (Å²) in [5, 5.41) is 10.1. The second-order valence-electron chi connectivity index (χ2n) is 7.83. The molecule has 0 spiro atoms. The molecule has 1 aromatic rings. The van der Waals surface area contributed by atoms with Crippen LogP contribution in [0.3, 0.4) is 0 Å². The molecule has 0 saturated heterocycles. The number of allylic oxidation sites excluding steroid dienone is 1. The van der Waals surface area contributed by atoms with Crippen LogP contribution in [0.4, 0.5) is 26.3 Å². The summed E-state index contributed by atoms with van der Waals surface area (Å²) in [6, 6.07) is 4.02. The van der Waals surface area contributed by atoms with Crippen LogP contribution in [-0.4, -0.2) is 60.9 Å². The molecule has 0 radical (unpaired) electrons. The number of hydrogen-bond donors (Lipinski definition) is 3. The summed E-state index contributed by atoms with van der Waals surface area (Å²) < 4.78 is 83.7. The van der Waals surface area contributed by atoms with Crippen molar-refractivity contribution in [3.8, 4) is 0 Å². The number of esters is 1. The number of nitrogens with zero attached hydrogens (tertiary/aromatic N) is 1. The Balaban J connectivity index is 2.77. The van der Waals surface area contributed by atoms with Gasteiger partial charge in [-0.15, -0.1) is 0 Å². The summed E-state index contributed by atoms with van der Waals surface area (Å²) in [6.45, 7) is -0.699. The van der Waals surface area contributed by atoms with Crippen molar-refractivity contribution in [3.63, 3.8) is 0 Å². The minimum Gasteiger partial charge on any atom is -0.480 e. The van der Waals surface area contributed by atoms with Crippen molar-refractivity contribution in [3.05, 3.63) is 46.7 Å². The van der Waals surface area contributed by atoms with Gasteiger partial charge in [-0.25, -0.2) is 10.2 Å². The van der Waals surface area contributed by atoms with Crippen molar-refractivity contribution in [2.75, 3.05) is 27.2 Å². The van der Waals surface area contributed by atoms with E-state index in [0.717, 1.165) is 12.1 Å². The molecule has 13 heteroatoms. The first-order valence-corrected chi connectivity index (χ1v) is 9.62. The molecular weight excluding hydrogens is 460 g/mol. The molecule has 2 rings (SSSR count). The molecule has 0 bridgehead atoms. The van der Waals surface area contributed by atoms with E-state index in [1.165, 1.54) is 13.0 Å². The maximum Gasteiger partial charge on any atom is 0.422 e. The summed E-state index contributed by atoms with van der Waals surface area (Å²) in [6.07, 6.45) is -10.1. The Morgan fingerprint density at radius 1 is 1.15 bits per heavy atom. The fourth-order valence-electron chi connectivity index (χ4n) is 3.62. The Morgan fingerprint density at radius 2 is 1.76 bits per heavy atom. The highest BCUT2D eigenvalue weighted by Gasteiger charge is 2.55. The van der Waals surface area contributed by atoms with Gasteiger partial charge in [0.2, 0.25) is 0 Å². The molecule has 0 amide bonds. The van der Waals surface area contributed by atoms with E-state index in [1.807, 2.05) is 0 Å². The van der Waals surface area contributed by atoms with E-state index in [0.29, 0.717) is 6.07 Å². The van der Waals surface area contributed by atoms with E-state index in [-0.39, 0.29) is 18.7 Å². The number of benzene rings is 1. The van der Waals surface area contributed by atoms with E-state index in [1.54, 1.807) is 19.0 Å². The molecule has 0 aromatic heterocycles. The minimum atomic E-state index is -4.93. The SMILES string of the molecule is CC1=C(C(=O)OCC(F)(F)F)C(c2ccccc2C(F)(F)F)C(CCN(C)C)(C(=O)O)NN1. The highest BCUT2D eigenvalue weighted by atomic mass is 19.4. The van der Waals surface area contributed by atoms with E-state index in [2.05, 4.69) is 15.6 Å². The first-order chi connectivity index (χ1) is 15.1. The molecule has 33 heavy (non-hydrogen) atoms. The van der Waals surface area contributed by atoms with Crippen LogP contribution >= 0.6 is 0 Å². The van der Waals surface area contributed by atoms with Crippen LogP contribution < -0.4 is 10.9 Å². The van der Waals surface area contributed by atoms with Crippen molar-refractivity contribution < 1.29 is 45.8 Å². The molecule has 2 unspecified atom stereocenters. The van der Waals surface area contributed by atoms with Gasteiger partial charge in [0.1, 0.15) is 5.54 Å². The number of carbonyl (C=O) groups excluding carboxylic acids is 1. The number of carboxylic acids is 1. The normalized spacial score (nSPS) is 21.7. The van der Waals surface area contributed by atoms with Crippen LogP contribution in [0.1, 0.15) is 30.4 Å². The third-order valence-corrected chi connectivity index (χ3v) is 5.16. The van der Waals surface area contributed by atoms with Gasteiger partial charge in [-0.2, -0.15) is 26.3 Å². The standard InChI is InChI=1S/C20H23F6N3O4/c1-11-14(16(30)33-10-19(21,22)23)15(12-6-4-5-7-13(12)20(24,25)26)18(17(31)32,28-27-11)8-9-29(2)3/h4-7,15,27-28H,8-10H2,1-3H3,(H,31,32). The number of hydrazine groups is 1. The second-order valence-corrected chi connectivity index (χ2v) is 7.83. The number of halogens is 6. The van der Waals surface area contributed by atoms with E-state index < -0.39 is 59.1 Å². The van der Waals surface area contributed by atoms with Gasteiger partial charge in [-0.05, 0) is 45.6 Å². The molecule has 1 aliphatic rings. The van der Waals surface area contributed by atoms with E-state index in [4.69, 9.17) is 0 Å². The smallest absolute Gasteiger partial charge is 0.422 e. The van der Waals surface area contributed by atoms with Crippen molar-refractivity contribution in [2.45, 2.75) is 37.2 Å². The third kappa shape index (κ3) is 5.96. The van der Waals surface area contributed by atoms with Gasteiger partial charge in [-0.1, -0.05) is 18.2 Å². The maximum atomic E-state index is 13.8. The second kappa shape index (κ2) is 9.59. The van der Waals surface area contributed by atoms with Crippen molar-refractivity contribution in [1.29, 1.82) is 0 Å². The van der Waals surface area contributed by atoms with Crippen molar-refractivity contribution in [2.24, 2.45) is 0 Å². The lowest BCUT2D eigenvalue weighted by Crippen LogP contribution is -2.65. The van der Waals surface area contributed by atoms with E-state index in [9.17, 15) is 41.0 Å². The number of carbonyl (C=O) groups is 2. The molecular formula is C20H23F6N3O4. The highest BCUT2D eigenvalue weighted by molar-refractivity contribution is 5.95. The van der Waals surface area contributed by atoms with Gasteiger partial charge in [0.25, 0.3) is 0 Å². The lowest BCUT2D eigenvalue weighted by atomic mass is 9.70. The minimum absolute atomic E-state index is 0.0651. The molecule has 1 heterocycles. The van der Waals surface area contributed by atoms with Gasteiger partial charge >= 0.3 is 24.3 Å². The summed E-state index contributed by atoms with van der Waals surface area (Å²) in [5.74, 6) is -5.00. The predicted octanol–water partition coefficient (Wildman–Crippen LogP) is 3.05. The first-order valence-electron chi connectivity index (χ1n) is 9.62. The fraction of sp³-hybridized carbons (Fsp3) is 0.500. The number of aliphatic carboxylic acids is 1. The largest absolute Gasteiger partial charge is 0.480 e. The van der Waals surface area contributed by atoms with Crippen molar-refractivity contribution in [1.82, 2.24) is 15.8 Å². The first kappa shape index (κ1) is 26.5. The Labute approximate surface area is 185 Å². The van der Waals surface area contributed by atoms with Crippen LogP contribution in [0.15, 0.2) is 35.5 Å². The molecule has 0 fully saturated rings. The summed E-state index contributed by atoms with van der Waals surface area (Å²) in [5.41, 5.74) is 0.0887. The molecule has 1 aromatic carbocycles. The number of nitrogens with one attached hydrogen (secondary N) is 2. The maximum absolute atomic E-state index is 13.8. The number of carboxylic acid groups (broad SMARTS) is 1. The van der Waals surface area contributed by atoms with Crippen molar-refractivity contribution >= 4 is 11.9 Å². The Kier molecular flexibility index (Phi) is 7.69. The zero-order valence-corrected chi connectivity index (χ0v) is 17.9. The fourth-order valence-corrected chi connectivity index (χ4v) is 3.62. The zero-order valence-electron chi connectivity index (χ0n) is 17.9. The van der Waals surface area contributed by atoms with Gasteiger partial charge < -0.3 is 20.2 Å². The van der Waals surface area contributed by atoms with Crippen LogP contribution in [0.5, 0.6) is 0 Å². The average molecular weight is 483 g/mol. The molecule has 2 atom stereocenters. The summed E-state index contributed by atoms with van der Waals surface area (Å²) in [7, 11) is 3.20. The Morgan fingerprint density at radius 3 is 2.27 bits per heavy atom. The molecule has 1 aliphatic heterocycles. The van der Waals surface area contributed by atoms with E-state index >= 15 is 0 Å². The van der Waals surface area contributed by atoms with Gasteiger partial charge in [0, 0.05) is 11.6 Å². The van der Waals surface area contributed by atoms with Gasteiger partial charge in [0.05, 0.1) is 11.1 Å². The summed E-state index contributed by atoms with van der Waals surface area (Å²) in [4.78, 5) is 26.8. The molecule has 184 valence electrons. The topological polar surface area (TPSA) is 90.9 Å². The highest BCUT2D eigenvalue weighted by Crippen LogP contribution is 2.46. The van der Waals surface area contributed by atoms with Gasteiger partial charge in [-0.3, -0.25) is 4.79 Å². The lowest BCUT2D eigenvalue weighted by Gasteiger charge is -2.44. The van der Waals surface area contributed by atoms with Crippen LogP contribution in [0.2, 0.25) is 0 Å². The molecule has 0 saturated carbocycles. The quantitative estimate of drug-likeness (QED) is 0.406. The number of ether oxygens (including phenoxy) is 1. The number of hydrogen-bond acceptors (Lipinski definition) is 6. The Bertz CT molecular complexity index is 929. The van der Waals surface area contributed by atoms with Gasteiger partial charge in [0.15, 0.2) is 6.61 Å². The Hall–Kier alpha value is -2.80. The zero-order chi connectivity index (χ0) is 25.2. The molecule has 3 N–H and O–H groups in total. The monoisotopic (exact) mass is 483 g/mol. The number of rotatable bonds is 7. The summed E-state index contributed by atoms with van der Waals surface area (Å²) >= 11 is 0. The molecule has 7 nitrogen and oxygen atoms in total. The number of alkyl halides is 6. The predicted molar refractivity (Wildman–Crippen MR) is 104 cm³/mol. The molecule has 0 aliphatic carbocycles.